The minimum atomic E-state index is -0.276. The Labute approximate surface area is 128 Å². The Morgan fingerprint density at radius 2 is 1.81 bits per heavy atom. The fourth-order valence-corrected chi connectivity index (χ4v) is 3.79. The molecule has 2 rings (SSSR count). The van der Waals surface area contributed by atoms with Crippen molar-refractivity contribution in [1.29, 1.82) is 0 Å². The first kappa shape index (κ1) is 16.5. The fourth-order valence-electron chi connectivity index (χ4n) is 3.79. The van der Waals surface area contributed by atoms with Crippen LogP contribution in [0.3, 0.4) is 0 Å². The third-order valence-electron chi connectivity index (χ3n) is 5.16. The van der Waals surface area contributed by atoms with Crippen molar-refractivity contribution in [2.45, 2.75) is 83.7 Å². The highest BCUT2D eigenvalue weighted by Gasteiger charge is 2.40. The number of carbonyl (C=O) groups excluding carboxylic acids is 2. The Bertz CT molecular complexity index is 360. The monoisotopic (exact) mass is 294 g/mol. The minimum absolute atomic E-state index is 0.00246. The van der Waals surface area contributed by atoms with Gasteiger partial charge in [0.05, 0.1) is 12.5 Å². The summed E-state index contributed by atoms with van der Waals surface area (Å²) in [4.78, 5) is 26.0. The molecule has 0 aromatic carbocycles. The summed E-state index contributed by atoms with van der Waals surface area (Å²) < 4.78 is 0. The van der Waals surface area contributed by atoms with Crippen LogP contribution in [-0.4, -0.2) is 35.3 Å². The molecule has 120 valence electrons. The lowest BCUT2D eigenvalue weighted by atomic mass is 9.87. The van der Waals surface area contributed by atoms with Crippen LogP contribution in [-0.2, 0) is 9.59 Å². The molecule has 1 aliphatic heterocycles. The minimum Gasteiger partial charge on any atom is -0.305 e. The van der Waals surface area contributed by atoms with Gasteiger partial charge < -0.3 is 5.32 Å². The fraction of sp³-hybridized carbons (Fsp3) is 0.882. The summed E-state index contributed by atoms with van der Waals surface area (Å²) in [5.41, 5.74) is 0. The zero-order valence-electron chi connectivity index (χ0n) is 13.6. The number of likely N-dealkylation sites (tertiary alicyclic amines) is 1. The summed E-state index contributed by atoms with van der Waals surface area (Å²) >= 11 is 0. The molecule has 0 aromatic rings. The van der Waals surface area contributed by atoms with E-state index >= 15 is 0 Å². The van der Waals surface area contributed by atoms with Gasteiger partial charge in [0.15, 0.2) is 0 Å². The van der Waals surface area contributed by atoms with Crippen LogP contribution in [0.2, 0.25) is 0 Å². The van der Waals surface area contributed by atoms with Gasteiger partial charge >= 0.3 is 0 Å². The van der Waals surface area contributed by atoms with E-state index in [1.165, 1.54) is 37.0 Å². The Hall–Kier alpha value is -0.900. The molecule has 0 spiro atoms. The lowest BCUT2D eigenvalue weighted by molar-refractivity contribution is -0.141. The molecule has 4 heteroatoms. The number of nitrogens with zero attached hydrogens (tertiary/aromatic N) is 1. The SMILES string of the molecule is CCC(CC)N1C(=O)CC(NCCC2CCCCC2)C1=O. The van der Waals surface area contributed by atoms with Crippen LogP contribution < -0.4 is 5.32 Å². The van der Waals surface area contributed by atoms with Gasteiger partial charge in [0.2, 0.25) is 11.8 Å². The highest BCUT2D eigenvalue weighted by atomic mass is 16.2. The lowest BCUT2D eigenvalue weighted by Crippen LogP contribution is -2.44. The quantitative estimate of drug-likeness (QED) is 0.735. The predicted molar refractivity (Wildman–Crippen MR) is 83.8 cm³/mol. The van der Waals surface area contributed by atoms with Crippen molar-refractivity contribution < 1.29 is 9.59 Å². The van der Waals surface area contributed by atoms with E-state index in [1.54, 1.807) is 0 Å². The first-order valence-electron chi connectivity index (χ1n) is 8.76. The van der Waals surface area contributed by atoms with Crippen molar-refractivity contribution >= 4 is 11.8 Å². The molecule has 2 aliphatic rings. The normalized spacial score (nSPS) is 24.3. The van der Waals surface area contributed by atoms with Gasteiger partial charge in [0.25, 0.3) is 0 Å². The van der Waals surface area contributed by atoms with Crippen molar-refractivity contribution in [2.24, 2.45) is 5.92 Å². The van der Waals surface area contributed by atoms with E-state index in [4.69, 9.17) is 0 Å². The molecule has 1 atom stereocenters. The molecular weight excluding hydrogens is 264 g/mol. The van der Waals surface area contributed by atoms with E-state index in [-0.39, 0.29) is 23.9 Å². The highest BCUT2D eigenvalue weighted by Crippen LogP contribution is 2.26. The summed E-state index contributed by atoms with van der Waals surface area (Å²) in [5, 5.41) is 3.33. The molecule has 0 bridgehead atoms. The van der Waals surface area contributed by atoms with Crippen molar-refractivity contribution in [3.8, 4) is 0 Å². The van der Waals surface area contributed by atoms with Gasteiger partial charge in [0.1, 0.15) is 0 Å². The number of imide groups is 1. The van der Waals surface area contributed by atoms with E-state index in [1.807, 2.05) is 13.8 Å². The van der Waals surface area contributed by atoms with E-state index in [2.05, 4.69) is 5.32 Å². The van der Waals surface area contributed by atoms with Crippen molar-refractivity contribution in [3.05, 3.63) is 0 Å². The van der Waals surface area contributed by atoms with E-state index in [0.717, 1.165) is 31.7 Å². The topological polar surface area (TPSA) is 49.4 Å². The van der Waals surface area contributed by atoms with Crippen molar-refractivity contribution in [3.63, 3.8) is 0 Å². The highest BCUT2D eigenvalue weighted by molar-refractivity contribution is 6.05. The molecule has 1 saturated carbocycles. The maximum Gasteiger partial charge on any atom is 0.247 e. The number of hydrogen-bond donors (Lipinski definition) is 1. The van der Waals surface area contributed by atoms with Crippen LogP contribution in [0.5, 0.6) is 0 Å². The van der Waals surface area contributed by atoms with Gasteiger partial charge in [-0.2, -0.15) is 0 Å². The summed E-state index contributed by atoms with van der Waals surface area (Å²) in [7, 11) is 0. The zero-order chi connectivity index (χ0) is 15.2. The molecular formula is C17H30N2O2. The van der Waals surface area contributed by atoms with Gasteiger partial charge in [-0.25, -0.2) is 0 Å². The zero-order valence-corrected chi connectivity index (χ0v) is 13.6. The average Bonchev–Trinajstić information content (AvgIpc) is 2.78. The van der Waals surface area contributed by atoms with Crippen molar-refractivity contribution in [2.75, 3.05) is 6.54 Å². The molecule has 1 saturated heterocycles. The smallest absolute Gasteiger partial charge is 0.247 e. The second-order valence-corrected chi connectivity index (χ2v) is 6.58. The summed E-state index contributed by atoms with van der Waals surface area (Å²) in [6.45, 7) is 4.95. The van der Waals surface area contributed by atoms with Crippen LogP contribution in [0.15, 0.2) is 0 Å². The Balaban J connectivity index is 1.79. The number of rotatable bonds is 7. The predicted octanol–water partition coefficient (Wildman–Crippen LogP) is 2.86. The second-order valence-electron chi connectivity index (χ2n) is 6.58. The van der Waals surface area contributed by atoms with Gasteiger partial charge in [-0.05, 0) is 31.7 Å². The molecule has 2 amide bonds. The second kappa shape index (κ2) is 7.92. The Morgan fingerprint density at radius 1 is 1.14 bits per heavy atom. The maximum absolute atomic E-state index is 12.4. The number of amides is 2. The summed E-state index contributed by atoms with van der Waals surface area (Å²) in [6, 6.07) is -0.197. The van der Waals surface area contributed by atoms with Crippen LogP contribution >= 0.6 is 0 Å². The maximum atomic E-state index is 12.4. The first-order chi connectivity index (χ1) is 10.2. The molecule has 4 nitrogen and oxygen atoms in total. The molecule has 1 N–H and O–H groups in total. The van der Waals surface area contributed by atoms with Crippen LogP contribution in [0.1, 0.15) is 71.6 Å². The third-order valence-corrected chi connectivity index (χ3v) is 5.16. The molecule has 2 fully saturated rings. The Kier molecular flexibility index (Phi) is 6.22. The van der Waals surface area contributed by atoms with Gasteiger partial charge in [0, 0.05) is 6.04 Å². The number of carbonyl (C=O) groups is 2. The van der Waals surface area contributed by atoms with Crippen LogP contribution in [0.4, 0.5) is 0 Å². The average molecular weight is 294 g/mol. The molecule has 1 heterocycles. The van der Waals surface area contributed by atoms with Crippen LogP contribution in [0.25, 0.3) is 0 Å². The van der Waals surface area contributed by atoms with E-state index in [9.17, 15) is 9.59 Å². The number of hydrogen-bond acceptors (Lipinski definition) is 3. The first-order valence-corrected chi connectivity index (χ1v) is 8.76. The van der Waals surface area contributed by atoms with E-state index < -0.39 is 0 Å². The number of nitrogens with one attached hydrogen (secondary N) is 1. The largest absolute Gasteiger partial charge is 0.305 e. The van der Waals surface area contributed by atoms with Gasteiger partial charge in [-0.3, -0.25) is 14.5 Å². The standard InChI is InChI=1S/C17H30N2O2/c1-3-14(4-2)19-16(20)12-15(17(19)21)18-11-10-13-8-6-5-7-9-13/h13-15,18H,3-12H2,1-2H3. The van der Waals surface area contributed by atoms with Crippen LogP contribution in [0, 0.1) is 5.92 Å². The van der Waals surface area contributed by atoms with E-state index in [0.29, 0.717) is 6.42 Å². The lowest BCUT2D eigenvalue weighted by Gasteiger charge is -2.25. The molecule has 1 aliphatic carbocycles. The van der Waals surface area contributed by atoms with Gasteiger partial charge in [-0.15, -0.1) is 0 Å². The molecule has 0 aromatic heterocycles. The molecule has 1 unspecified atom stereocenters. The Morgan fingerprint density at radius 3 is 2.43 bits per heavy atom. The summed E-state index contributed by atoms with van der Waals surface area (Å²) in [6.07, 6.45) is 9.94. The van der Waals surface area contributed by atoms with Gasteiger partial charge in [-0.1, -0.05) is 46.0 Å². The third kappa shape index (κ3) is 4.06. The summed E-state index contributed by atoms with van der Waals surface area (Å²) in [5.74, 6) is 0.815. The van der Waals surface area contributed by atoms with Crippen molar-refractivity contribution in [1.82, 2.24) is 10.2 Å². The molecule has 21 heavy (non-hydrogen) atoms. The molecule has 0 radical (unpaired) electrons.